The Labute approximate surface area is 81.7 Å². The van der Waals surface area contributed by atoms with E-state index < -0.39 is 17.8 Å². The van der Waals surface area contributed by atoms with E-state index >= 15 is 0 Å². The van der Waals surface area contributed by atoms with Gasteiger partial charge in [0, 0.05) is 5.56 Å². The van der Waals surface area contributed by atoms with Crippen LogP contribution in [0.2, 0.25) is 0 Å². The lowest BCUT2D eigenvalue weighted by molar-refractivity contribution is -0.142. The second-order valence-corrected chi connectivity index (χ2v) is 2.97. The molecule has 0 aliphatic heterocycles. The SMILES string of the molecule is COC(=O)C(N)c1c(C)cccc1F. The number of nitrogens with two attached hydrogens (primary N) is 1. The van der Waals surface area contributed by atoms with Gasteiger partial charge >= 0.3 is 5.97 Å². The summed E-state index contributed by atoms with van der Waals surface area (Å²) in [6.45, 7) is 1.70. The molecule has 0 spiro atoms. The third-order valence-electron chi connectivity index (χ3n) is 2.04. The standard InChI is InChI=1S/C10H12FNO2/c1-6-4-3-5-7(11)8(6)9(12)10(13)14-2/h3-5,9H,12H2,1-2H3. The van der Waals surface area contributed by atoms with E-state index in [0.717, 1.165) is 0 Å². The molecule has 0 aromatic heterocycles. The van der Waals surface area contributed by atoms with Crippen LogP contribution in [-0.4, -0.2) is 13.1 Å². The van der Waals surface area contributed by atoms with Crippen molar-refractivity contribution in [2.24, 2.45) is 5.73 Å². The van der Waals surface area contributed by atoms with Gasteiger partial charge in [0.2, 0.25) is 0 Å². The second-order valence-electron chi connectivity index (χ2n) is 2.97. The first-order valence-corrected chi connectivity index (χ1v) is 4.16. The van der Waals surface area contributed by atoms with Crippen LogP contribution in [0.1, 0.15) is 17.2 Å². The highest BCUT2D eigenvalue weighted by Crippen LogP contribution is 2.20. The molecule has 1 aromatic carbocycles. The van der Waals surface area contributed by atoms with Crippen molar-refractivity contribution in [3.63, 3.8) is 0 Å². The lowest BCUT2D eigenvalue weighted by Gasteiger charge is -2.12. The molecule has 0 heterocycles. The van der Waals surface area contributed by atoms with E-state index in [1.807, 2.05) is 0 Å². The number of hydrogen-bond acceptors (Lipinski definition) is 3. The van der Waals surface area contributed by atoms with Crippen LogP contribution in [0.5, 0.6) is 0 Å². The Balaban J connectivity index is 3.11. The van der Waals surface area contributed by atoms with E-state index in [9.17, 15) is 9.18 Å². The van der Waals surface area contributed by atoms with Crippen LogP contribution in [0, 0.1) is 12.7 Å². The zero-order valence-corrected chi connectivity index (χ0v) is 8.08. The van der Waals surface area contributed by atoms with Crippen LogP contribution in [-0.2, 0) is 9.53 Å². The number of esters is 1. The van der Waals surface area contributed by atoms with E-state index in [1.54, 1.807) is 19.1 Å². The van der Waals surface area contributed by atoms with Gasteiger partial charge in [-0.25, -0.2) is 4.39 Å². The number of carbonyl (C=O) groups excluding carboxylic acids is 1. The van der Waals surface area contributed by atoms with E-state index in [4.69, 9.17) is 5.73 Å². The van der Waals surface area contributed by atoms with Crippen LogP contribution in [0.3, 0.4) is 0 Å². The van der Waals surface area contributed by atoms with Gasteiger partial charge in [0.1, 0.15) is 11.9 Å². The number of hydrogen-bond donors (Lipinski definition) is 1. The Kier molecular flexibility index (Phi) is 3.19. The van der Waals surface area contributed by atoms with Crippen molar-refractivity contribution in [2.45, 2.75) is 13.0 Å². The molecule has 3 nitrogen and oxygen atoms in total. The fraction of sp³-hybridized carbons (Fsp3) is 0.300. The lowest BCUT2D eigenvalue weighted by Crippen LogP contribution is -2.24. The average Bonchev–Trinajstić information content (AvgIpc) is 2.16. The minimum Gasteiger partial charge on any atom is -0.468 e. The summed E-state index contributed by atoms with van der Waals surface area (Å²) in [7, 11) is 1.22. The fourth-order valence-corrected chi connectivity index (χ4v) is 1.28. The van der Waals surface area contributed by atoms with Gasteiger partial charge in [0.15, 0.2) is 0 Å². The third-order valence-corrected chi connectivity index (χ3v) is 2.04. The molecule has 4 heteroatoms. The maximum Gasteiger partial charge on any atom is 0.327 e. The Morgan fingerprint density at radius 1 is 1.57 bits per heavy atom. The molecule has 0 aliphatic rings. The number of aryl methyl sites for hydroxylation is 1. The summed E-state index contributed by atoms with van der Waals surface area (Å²) in [5, 5.41) is 0. The topological polar surface area (TPSA) is 52.3 Å². The smallest absolute Gasteiger partial charge is 0.327 e. The fourth-order valence-electron chi connectivity index (χ4n) is 1.28. The number of methoxy groups -OCH3 is 1. The van der Waals surface area contributed by atoms with Crippen LogP contribution >= 0.6 is 0 Å². The maximum absolute atomic E-state index is 13.3. The number of halogens is 1. The van der Waals surface area contributed by atoms with Gasteiger partial charge in [-0.05, 0) is 18.6 Å². The quantitative estimate of drug-likeness (QED) is 0.727. The molecule has 1 aromatic rings. The van der Waals surface area contributed by atoms with Gasteiger partial charge in [-0.15, -0.1) is 0 Å². The van der Waals surface area contributed by atoms with Gasteiger partial charge < -0.3 is 10.5 Å². The van der Waals surface area contributed by atoms with Crippen LogP contribution in [0.25, 0.3) is 0 Å². The molecule has 14 heavy (non-hydrogen) atoms. The van der Waals surface area contributed by atoms with E-state index in [1.165, 1.54) is 13.2 Å². The number of rotatable bonds is 2. The molecule has 2 N–H and O–H groups in total. The molecular weight excluding hydrogens is 185 g/mol. The summed E-state index contributed by atoms with van der Waals surface area (Å²) in [5.74, 6) is -1.12. The lowest BCUT2D eigenvalue weighted by atomic mass is 10.0. The summed E-state index contributed by atoms with van der Waals surface area (Å²) >= 11 is 0. The van der Waals surface area contributed by atoms with Gasteiger partial charge in [-0.1, -0.05) is 12.1 Å². The summed E-state index contributed by atoms with van der Waals surface area (Å²) in [5.41, 5.74) is 6.37. The Morgan fingerprint density at radius 2 is 2.21 bits per heavy atom. The molecule has 0 saturated carbocycles. The summed E-state index contributed by atoms with van der Waals surface area (Å²) in [6.07, 6.45) is 0. The monoisotopic (exact) mass is 197 g/mol. The van der Waals surface area contributed by atoms with Gasteiger partial charge in [-0.3, -0.25) is 4.79 Å². The van der Waals surface area contributed by atoms with Crippen molar-refractivity contribution in [3.8, 4) is 0 Å². The van der Waals surface area contributed by atoms with Gasteiger partial charge in [-0.2, -0.15) is 0 Å². The first-order chi connectivity index (χ1) is 6.57. The van der Waals surface area contributed by atoms with E-state index in [-0.39, 0.29) is 5.56 Å². The molecule has 1 rings (SSSR count). The van der Waals surface area contributed by atoms with E-state index in [0.29, 0.717) is 5.56 Å². The van der Waals surface area contributed by atoms with Crippen molar-refractivity contribution in [3.05, 3.63) is 35.1 Å². The van der Waals surface area contributed by atoms with Gasteiger partial charge in [0.05, 0.1) is 7.11 Å². The third kappa shape index (κ3) is 1.90. The zero-order valence-electron chi connectivity index (χ0n) is 8.08. The zero-order chi connectivity index (χ0) is 10.7. The minimum absolute atomic E-state index is 0.194. The highest BCUT2D eigenvalue weighted by atomic mass is 19.1. The predicted molar refractivity (Wildman–Crippen MR) is 50.1 cm³/mol. The number of benzene rings is 1. The largest absolute Gasteiger partial charge is 0.468 e. The number of carbonyl (C=O) groups is 1. The molecule has 0 fully saturated rings. The molecule has 1 atom stereocenters. The normalized spacial score (nSPS) is 12.3. The Hall–Kier alpha value is -1.42. The molecule has 0 amide bonds. The predicted octanol–water partition coefficient (Wildman–Crippen LogP) is 1.31. The molecule has 0 radical (unpaired) electrons. The van der Waals surface area contributed by atoms with E-state index in [2.05, 4.69) is 4.74 Å². The summed E-state index contributed by atoms with van der Waals surface area (Å²) in [6, 6.07) is 3.48. The Morgan fingerprint density at radius 3 is 2.71 bits per heavy atom. The highest BCUT2D eigenvalue weighted by molar-refractivity contribution is 5.77. The summed E-state index contributed by atoms with van der Waals surface area (Å²) < 4.78 is 17.8. The minimum atomic E-state index is -1.05. The van der Waals surface area contributed by atoms with Crippen LogP contribution < -0.4 is 5.73 Å². The molecular formula is C10H12FNO2. The molecule has 1 unspecified atom stereocenters. The molecule has 0 saturated heterocycles. The van der Waals surface area contributed by atoms with Crippen molar-refractivity contribution < 1.29 is 13.9 Å². The maximum atomic E-state index is 13.3. The molecule has 0 aliphatic carbocycles. The van der Waals surface area contributed by atoms with Crippen molar-refractivity contribution in [2.75, 3.05) is 7.11 Å². The van der Waals surface area contributed by atoms with Crippen LogP contribution in [0.15, 0.2) is 18.2 Å². The molecule has 76 valence electrons. The summed E-state index contributed by atoms with van der Waals surface area (Å²) in [4.78, 5) is 11.1. The van der Waals surface area contributed by atoms with Crippen LogP contribution in [0.4, 0.5) is 4.39 Å². The van der Waals surface area contributed by atoms with Crippen molar-refractivity contribution in [1.82, 2.24) is 0 Å². The van der Waals surface area contributed by atoms with Crippen molar-refractivity contribution >= 4 is 5.97 Å². The Bertz CT molecular complexity index is 332. The van der Waals surface area contributed by atoms with Crippen molar-refractivity contribution in [1.29, 1.82) is 0 Å². The number of ether oxygens (including phenoxy) is 1. The van der Waals surface area contributed by atoms with Gasteiger partial charge in [0.25, 0.3) is 0 Å². The highest BCUT2D eigenvalue weighted by Gasteiger charge is 2.21. The first-order valence-electron chi connectivity index (χ1n) is 4.16. The second kappa shape index (κ2) is 4.19. The molecule has 0 bridgehead atoms. The first kappa shape index (κ1) is 10.7. The average molecular weight is 197 g/mol.